The molecule has 28 heavy (non-hydrogen) atoms. The number of nitrogens with zero attached hydrogens (tertiary/aromatic N) is 2. The number of rotatable bonds is 8. The van der Waals surface area contributed by atoms with Gasteiger partial charge in [0, 0.05) is 18.4 Å². The second kappa shape index (κ2) is 8.82. The molecule has 150 valence electrons. The highest BCUT2D eigenvalue weighted by Gasteiger charge is 2.31. The van der Waals surface area contributed by atoms with E-state index in [1.165, 1.54) is 11.3 Å². The third-order valence-corrected chi connectivity index (χ3v) is 5.73. The van der Waals surface area contributed by atoms with Crippen LogP contribution in [0.5, 0.6) is 5.75 Å². The molecule has 1 amide bonds. The molecule has 1 heterocycles. The number of hydrogen-bond acceptors (Lipinski definition) is 6. The Morgan fingerprint density at radius 2 is 2.07 bits per heavy atom. The van der Waals surface area contributed by atoms with Gasteiger partial charge in [-0.15, -0.1) is 10.2 Å². The van der Waals surface area contributed by atoms with Gasteiger partial charge in [0.2, 0.25) is 5.13 Å². The maximum atomic E-state index is 12.7. The summed E-state index contributed by atoms with van der Waals surface area (Å²) in [4.78, 5) is 24.7. The third-order valence-electron chi connectivity index (χ3n) is 4.83. The fourth-order valence-corrected chi connectivity index (χ4v) is 3.98. The Morgan fingerprint density at radius 3 is 2.86 bits per heavy atom. The van der Waals surface area contributed by atoms with Crippen molar-refractivity contribution >= 4 is 28.2 Å². The second-order valence-electron chi connectivity index (χ2n) is 7.62. The van der Waals surface area contributed by atoms with Crippen LogP contribution in [-0.4, -0.2) is 27.5 Å². The average Bonchev–Trinajstić information content (AvgIpc) is 3.09. The van der Waals surface area contributed by atoms with E-state index in [0.29, 0.717) is 17.3 Å². The van der Waals surface area contributed by atoms with Gasteiger partial charge in [0.1, 0.15) is 10.8 Å². The summed E-state index contributed by atoms with van der Waals surface area (Å²) in [6.45, 7) is 5.60. The van der Waals surface area contributed by atoms with Crippen LogP contribution in [0.4, 0.5) is 5.13 Å². The molecule has 0 bridgehead atoms. The quantitative estimate of drug-likeness (QED) is 0.655. The van der Waals surface area contributed by atoms with Crippen LogP contribution in [0.1, 0.15) is 73.8 Å². The Kier molecular flexibility index (Phi) is 6.44. The molecule has 1 N–H and O–H groups in total. The smallest absolute Gasteiger partial charge is 0.269 e. The summed E-state index contributed by atoms with van der Waals surface area (Å²) in [7, 11) is 0. The molecule has 7 heteroatoms. The number of carbonyl (C=O) groups is 2. The number of fused-ring (bicyclic) bond motifs is 1. The molecule has 1 aromatic heterocycles. The number of Topliss-reactive ketones (excluding diaryl/α,β-unsaturated/α-hetero) is 1. The number of unbranched alkanes of at least 4 members (excludes halogenated alkanes) is 2. The highest BCUT2D eigenvalue weighted by molar-refractivity contribution is 7.15. The summed E-state index contributed by atoms with van der Waals surface area (Å²) in [5, 5.41) is 12.4. The molecule has 0 saturated heterocycles. The van der Waals surface area contributed by atoms with Crippen molar-refractivity contribution in [3.63, 3.8) is 0 Å². The first kappa shape index (κ1) is 20.5. The summed E-state index contributed by atoms with van der Waals surface area (Å²) < 4.78 is 5.96. The lowest BCUT2D eigenvalue weighted by Gasteiger charge is -2.25. The zero-order valence-electron chi connectivity index (χ0n) is 16.7. The van der Waals surface area contributed by atoms with E-state index in [-0.39, 0.29) is 11.7 Å². The summed E-state index contributed by atoms with van der Waals surface area (Å²) >= 11 is 1.41. The Morgan fingerprint density at radius 1 is 1.25 bits per heavy atom. The summed E-state index contributed by atoms with van der Waals surface area (Å²) in [6, 6.07) is 5.43. The van der Waals surface area contributed by atoms with E-state index in [4.69, 9.17) is 4.74 Å². The van der Waals surface area contributed by atoms with Crippen molar-refractivity contribution in [1.29, 1.82) is 0 Å². The van der Waals surface area contributed by atoms with Crippen LogP contribution in [0.3, 0.4) is 0 Å². The first-order chi connectivity index (χ1) is 13.4. The van der Waals surface area contributed by atoms with E-state index in [1.54, 1.807) is 26.0 Å². The number of ether oxygens (including phenoxy) is 1. The maximum absolute atomic E-state index is 12.7. The van der Waals surface area contributed by atoms with E-state index in [1.807, 2.05) is 6.07 Å². The zero-order chi connectivity index (χ0) is 20.1. The van der Waals surface area contributed by atoms with Crippen molar-refractivity contribution in [3.05, 3.63) is 34.3 Å². The number of ketones is 1. The Hall–Kier alpha value is -2.28. The standard InChI is InChI=1S/C21H27N3O3S/c1-4-5-6-10-18-23-24-20(28-18)22-19(26)21(2,3)27-15-11-12-16-14(13-15)8-7-9-17(16)25/h11-13H,4-10H2,1-3H3,(H,22,24,26). The predicted octanol–water partition coefficient (Wildman–Crippen LogP) is 4.59. The van der Waals surface area contributed by atoms with Crippen LogP contribution in [0.2, 0.25) is 0 Å². The molecule has 0 unspecified atom stereocenters. The molecule has 0 radical (unpaired) electrons. The number of aromatic nitrogens is 2. The fraction of sp³-hybridized carbons (Fsp3) is 0.524. The Labute approximate surface area is 169 Å². The van der Waals surface area contributed by atoms with Gasteiger partial charge in [0.25, 0.3) is 5.91 Å². The van der Waals surface area contributed by atoms with Crippen molar-refractivity contribution in [2.24, 2.45) is 0 Å². The van der Waals surface area contributed by atoms with Gasteiger partial charge in [-0.3, -0.25) is 14.9 Å². The van der Waals surface area contributed by atoms with Crippen molar-refractivity contribution in [3.8, 4) is 5.75 Å². The van der Waals surface area contributed by atoms with Crippen molar-refractivity contribution in [2.75, 3.05) is 5.32 Å². The van der Waals surface area contributed by atoms with Crippen molar-refractivity contribution < 1.29 is 14.3 Å². The largest absolute Gasteiger partial charge is 0.478 e. The lowest BCUT2D eigenvalue weighted by atomic mass is 9.90. The van der Waals surface area contributed by atoms with Gasteiger partial charge in [-0.2, -0.15) is 0 Å². The number of hydrogen-bond donors (Lipinski definition) is 1. The van der Waals surface area contributed by atoms with Crippen molar-refractivity contribution in [2.45, 2.75) is 71.3 Å². The molecule has 0 spiro atoms. The van der Waals surface area contributed by atoms with E-state index < -0.39 is 5.60 Å². The first-order valence-corrected chi connectivity index (χ1v) is 10.7. The molecule has 0 atom stereocenters. The monoisotopic (exact) mass is 401 g/mol. The molecular weight excluding hydrogens is 374 g/mol. The molecular formula is C21H27N3O3S. The first-order valence-electron chi connectivity index (χ1n) is 9.88. The number of benzene rings is 1. The van der Waals surface area contributed by atoms with Crippen LogP contribution in [0, 0.1) is 0 Å². The van der Waals surface area contributed by atoms with Crippen LogP contribution in [-0.2, 0) is 17.6 Å². The minimum absolute atomic E-state index is 0.177. The molecule has 3 rings (SSSR count). The number of amides is 1. The minimum Gasteiger partial charge on any atom is -0.478 e. The van der Waals surface area contributed by atoms with E-state index in [9.17, 15) is 9.59 Å². The normalized spacial score (nSPS) is 13.9. The molecule has 2 aromatic rings. The van der Waals surface area contributed by atoms with Crippen LogP contribution in [0.15, 0.2) is 18.2 Å². The second-order valence-corrected chi connectivity index (χ2v) is 8.68. The van der Waals surface area contributed by atoms with Gasteiger partial charge in [-0.05, 0) is 56.9 Å². The minimum atomic E-state index is -1.08. The van der Waals surface area contributed by atoms with Crippen LogP contribution in [0.25, 0.3) is 0 Å². The van der Waals surface area contributed by atoms with Crippen LogP contribution >= 0.6 is 11.3 Å². The van der Waals surface area contributed by atoms with Gasteiger partial charge in [-0.25, -0.2) is 0 Å². The summed E-state index contributed by atoms with van der Waals surface area (Å²) in [5.41, 5.74) is 0.678. The fourth-order valence-electron chi connectivity index (χ4n) is 3.21. The lowest BCUT2D eigenvalue weighted by Crippen LogP contribution is -2.42. The maximum Gasteiger partial charge on any atom is 0.269 e. The van der Waals surface area contributed by atoms with E-state index in [0.717, 1.165) is 54.7 Å². The Bertz CT molecular complexity index is 860. The molecule has 0 saturated carbocycles. The molecule has 0 aliphatic heterocycles. The van der Waals surface area contributed by atoms with Gasteiger partial charge >= 0.3 is 0 Å². The molecule has 0 fully saturated rings. The molecule has 1 aliphatic rings. The number of aryl methyl sites for hydroxylation is 2. The van der Waals surface area contributed by atoms with E-state index in [2.05, 4.69) is 22.4 Å². The topological polar surface area (TPSA) is 81.2 Å². The van der Waals surface area contributed by atoms with Gasteiger partial charge in [0.15, 0.2) is 11.4 Å². The van der Waals surface area contributed by atoms with Gasteiger partial charge < -0.3 is 4.74 Å². The summed E-state index contributed by atoms with van der Waals surface area (Å²) in [5.74, 6) is 0.486. The summed E-state index contributed by atoms with van der Waals surface area (Å²) in [6.07, 6.45) is 6.60. The lowest BCUT2D eigenvalue weighted by molar-refractivity contribution is -0.128. The molecule has 6 nitrogen and oxygen atoms in total. The number of anilines is 1. The van der Waals surface area contributed by atoms with Crippen LogP contribution < -0.4 is 10.1 Å². The molecule has 1 aromatic carbocycles. The van der Waals surface area contributed by atoms with E-state index >= 15 is 0 Å². The number of carbonyl (C=O) groups excluding carboxylic acids is 2. The average molecular weight is 402 g/mol. The zero-order valence-corrected chi connectivity index (χ0v) is 17.5. The predicted molar refractivity (Wildman–Crippen MR) is 110 cm³/mol. The Balaban J connectivity index is 1.62. The van der Waals surface area contributed by atoms with Crippen molar-refractivity contribution in [1.82, 2.24) is 10.2 Å². The third kappa shape index (κ3) is 4.95. The molecule has 1 aliphatic carbocycles. The highest BCUT2D eigenvalue weighted by atomic mass is 32.1. The number of nitrogens with one attached hydrogen (secondary N) is 1. The van der Waals surface area contributed by atoms with Gasteiger partial charge in [-0.1, -0.05) is 31.1 Å². The highest BCUT2D eigenvalue weighted by Crippen LogP contribution is 2.28. The van der Waals surface area contributed by atoms with Gasteiger partial charge in [0.05, 0.1) is 0 Å². The SMILES string of the molecule is CCCCCc1nnc(NC(=O)C(C)(C)Oc2ccc3c(c2)CCCC3=O)s1.